The van der Waals surface area contributed by atoms with E-state index in [2.05, 4.69) is 45.5 Å². The van der Waals surface area contributed by atoms with Crippen molar-refractivity contribution >= 4 is 22.0 Å². The molecule has 1 aliphatic rings. The molecule has 0 bridgehead atoms. The fraction of sp³-hybridized carbons (Fsp3) is 0.649. The highest BCUT2D eigenvalue weighted by Gasteiger charge is 2.28. The number of alkyl halides is 1. The van der Waals surface area contributed by atoms with Gasteiger partial charge in [-0.05, 0) is 22.3 Å². The van der Waals surface area contributed by atoms with Gasteiger partial charge in [0.2, 0.25) is 0 Å². The summed E-state index contributed by atoms with van der Waals surface area (Å²) in [5.74, 6) is 0.0385. The van der Waals surface area contributed by atoms with Crippen molar-refractivity contribution in [2.75, 3.05) is 151 Å². The van der Waals surface area contributed by atoms with E-state index >= 15 is 0 Å². The van der Waals surface area contributed by atoms with E-state index in [9.17, 15) is 4.79 Å². The largest absolute Gasteiger partial charge is 0.449 e. The van der Waals surface area contributed by atoms with E-state index in [-0.39, 0.29) is 12.5 Å². The van der Waals surface area contributed by atoms with E-state index in [1.807, 2.05) is 24.3 Å². The van der Waals surface area contributed by atoms with Gasteiger partial charge in [0.1, 0.15) is 6.61 Å². The van der Waals surface area contributed by atoms with Crippen LogP contribution in [0.3, 0.4) is 0 Å². The van der Waals surface area contributed by atoms with Gasteiger partial charge in [0.15, 0.2) is 0 Å². The summed E-state index contributed by atoms with van der Waals surface area (Å²) in [6, 6.07) is 16.5. The molecule has 0 saturated heterocycles. The molecule has 0 saturated carbocycles. The smallest absolute Gasteiger partial charge is 0.407 e. The molecule has 13 nitrogen and oxygen atoms in total. The van der Waals surface area contributed by atoms with E-state index < -0.39 is 6.09 Å². The molecule has 0 heterocycles. The molecule has 0 aliphatic heterocycles. The summed E-state index contributed by atoms with van der Waals surface area (Å²) in [5, 5.41) is 3.58. The Morgan fingerprint density at radius 3 is 1.14 bits per heavy atom. The van der Waals surface area contributed by atoms with Crippen molar-refractivity contribution in [2.45, 2.75) is 5.92 Å². The third-order valence-corrected chi connectivity index (χ3v) is 7.75. The molecule has 3 rings (SSSR count). The fourth-order valence-electron chi connectivity index (χ4n) is 5.01. The van der Waals surface area contributed by atoms with Crippen LogP contribution >= 0.6 is 15.9 Å². The van der Waals surface area contributed by atoms with Crippen LogP contribution in [-0.2, 0) is 52.1 Å². The van der Waals surface area contributed by atoms with Crippen molar-refractivity contribution in [2.24, 2.45) is 0 Å². The van der Waals surface area contributed by atoms with Crippen molar-refractivity contribution < 1.29 is 56.9 Å². The first kappa shape index (κ1) is 43.2. The zero-order chi connectivity index (χ0) is 35.9. The fourth-order valence-corrected chi connectivity index (χ4v) is 5.24. The molecule has 0 atom stereocenters. The number of halogens is 1. The van der Waals surface area contributed by atoms with Crippen LogP contribution in [0.2, 0.25) is 0 Å². The summed E-state index contributed by atoms with van der Waals surface area (Å²) in [6.45, 7) is 10.8. The van der Waals surface area contributed by atoms with Gasteiger partial charge in [-0.1, -0.05) is 64.5 Å². The van der Waals surface area contributed by atoms with Crippen LogP contribution in [0.15, 0.2) is 48.5 Å². The van der Waals surface area contributed by atoms with Gasteiger partial charge in [0.25, 0.3) is 0 Å². The summed E-state index contributed by atoms with van der Waals surface area (Å²) in [4.78, 5) is 12.2. The number of amides is 1. The molecule has 0 spiro atoms. The van der Waals surface area contributed by atoms with Crippen LogP contribution in [-0.4, -0.2) is 157 Å². The number of nitrogens with one attached hydrogen (secondary N) is 1. The number of rotatable bonds is 34. The van der Waals surface area contributed by atoms with Gasteiger partial charge >= 0.3 is 6.09 Å². The third kappa shape index (κ3) is 20.0. The topological polar surface area (TPSA) is 131 Å². The van der Waals surface area contributed by atoms with Crippen molar-refractivity contribution in [3.05, 3.63) is 59.7 Å². The van der Waals surface area contributed by atoms with Crippen molar-refractivity contribution in [3.63, 3.8) is 0 Å². The lowest BCUT2D eigenvalue weighted by Gasteiger charge is -2.14. The van der Waals surface area contributed by atoms with Gasteiger partial charge in [-0.15, -0.1) is 0 Å². The first-order chi connectivity index (χ1) is 25.3. The molecule has 0 unspecified atom stereocenters. The highest BCUT2D eigenvalue weighted by Crippen LogP contribution is 2.44. The predicted octanol–water partition coefficient (Wildman–Crippen LogP) is 4.09. The van der Waals surface area contributed by atoms with Crippen LogP contribution in [0, 0.1) is 0 Å². The minimum atomic E-state index is -0.451. The van der Waals surface area contributed by atoms with Gasteiger partial charge < -0.3 is 57.4 Å². The number of hydrogen-bond donors (Lipinski definition) is 1. The van der Waals surface area contributed by atoms with Gasteiger partial charge in [-0.2, -0.15) is 0 Å². The molecule has 0 radical (unpaired) electrons. The Balaban J connectivity index is 0.965. The minimum absolute atomic E-state index is 0.0385. The van der Waals surface area contributed by atoms with E-state index in [0.29, 0.717) is 139 Å². The Hall–Kier alpha value is -2.21. The van der Waals surface area contributed by atoms with Crippen molar-refractivity contribution in [1.82, 2.24) is 5.32 Å². The summed E-state index contributed by atoms with van der Waals surface area (Å²) < 4.78 is 60.1. The number of carbonyl (C=O) groups excluding carboxylic acids is 1. The lowest BCUT2D eigenvalue weighted by molar-refractivity contribution is -0.0262. The predicted molar refractivity (Wildman–Crippen MR) is 195 cm³/mol. The molecular weight excluding hydrogens is 730 g/mol. The van der Waals surface area contributed by atoms with Crippen LogP contribution < -0.4 is 5.32 Å². The molecule has 0 fully saturated rings. The van der Waals surface area contributed by atoms with Crippen LogP contribution in [0.25, 0.3) is 11.1 Å². The minimum Gasteiger partial charge on any atom is -0.449 e. The number of ether oxygens (including phenoxy) is 11. The molecule has 51 heavy (non-hydrogen) atoms. The monoisotopic (exact) mass is 785 g/mol. The molecule has 1 aliphatic carbocycles. The standard InChI is InChI=1S/C37H56BrNO12/c38-9-11-41-13-15-43-17-19-45-21-23-47-25-27-49-29-30-50-28-26-48-24-22-46-20-18-44-16-14-42-12-10-39-37(40)51-31-36-34-7-3-1-5-32(34)33-6-2-4-8-35(33)36/h1-8,36H,9-31H2,(H,39,40). The molecule has 1 N–H and O–H groups in total. The Bertz CT molecular complexity index is 1100. The molecule has 2 aromatic carbocycles. The van der Waals surface area contributed by atoms with Gasteiger partial charge in [0, 0.05) is 17.8 Å². The van der Waals surface area contributed by atoms with Crippen LogP contribution in [0.1, 0.15) is 17.0 Å². The highest BCUT2D eigenvalue weighted by molar-refractivity contribution is 9.09. The van der Waals surface area contributed by atoms with Gasteiger partial charge in [0.05, 0.1) is 132 Å². The van der Waals surface area contributed by atoms with Crippen LogP contribution in [0.5, 0.6) is 0 Å². The number of benzene rings is 2. The molecular formula is C37H56BrNO12. The number of hydrogen-bond acceptors (Lipinski definition) is 12. The average molecular weight is 787 g/mol. The molecule has 288 valence electrons. The van der Waals surface area contributed by atoms with E-state index in [0.717, 1.165) is 5.33 Å². The maximum Gasteiger partial charge on any atom is 0.407 e. The lowest BCUT2D eigenvalue weighted by Crippen LogP contribution is -2.29. The Kier molecular flexibility index (Phi) is 25.6. The summed E-state index contributed by atoms with van der Waals surface area (Å²) in [5.41, 5.74) is 4.78. The highest BCUT2D eigenvalue weighted by atomic mass is 79.9. The summed E-state index contributed by atoms with van der Waals surface area (Å²) in [7, 11) is 0. The maximum absolute atomic E-state index is 12.2. The number of carbonyl (C=O) groups is 1. The zero-order valence-corrected chi connectivity index (χ0v) is 31.3. The van der Waals surface area contributed by atoms with E-state index in [4.69, 9.17) is 52.1 Å². The molecule has 1 amide bonds. The second-order valence-corrected chi connectivity index (χ2v) is 11.9. The van der Waals surface area contributed by atoms with Gasteiger partial charge in [-0.3, -0.25) is 0 Å². The number of alkyl carbamates (subject to hydrolysis) is 1. The normalized spacial score (nSPS) is 12.3. The number of fused-ring (bicyclic) bond motifs is 3. The average Bonchev–Trinajstić information content (AvgIpc) is 3.48. The summed E-state index contributed by atoms with van der Waals surface area (Å²) in [6.07, 6.45) is -0.451. The second kappa shape index (κ2) is 30.3. The van der Waals surface area contributed by atoms with Crippen molar-refractivity contribution in [3.8, 4) is 11.1 Å². The lowest BCUT2D eigenvalue weighted by atomic mass is 9.98. The first-order valence-electron chi connectivity index (χ1n) is 17.7. The molecule has 14 heteroatoms. The maximum atomic E-state index is 12.2. The van der Waals surface area contributed by atoms with Gasteiger partial charge in [-0.25, -0.2) is 4.79 Å². The van der Waals surface area contributed by atoms with E-state index in [1.54, 1.807) is 0 Å². The Labute approximate surface area is 310 Å². The van der Waals surface area contributed by atoms with E-state index in [1.165, 1.54) is 22.3 Å². The molecule has 2 aromatic rings. The Morgan fingerprint density at radius 1 is 0.471 bits per heavy atom. The summed E-state index contributed by atoms with van der Waals surface area (Å²) >= 11 is 3.30. The Morgan fingerprint density at radius 2 is 0.784 bits per heavy atom. The van der Waals surface area contributed by atoms with Crippen LogP contribution in [0.4, 0.5) is 4.79 Å². The zero-order valence-electron chi connectivity index (χ0n) is 29.7. The molecule has 0 aromatic heterocycles. The SMILES string of the molecule is O=C(NCCOCCOCCOCCOCCOCCOCCOCCOCCOCCOCCBr)OCC1c2ccccc2-c2ccccc21. The van der Waals surface area contributed by atoms with Crippen molar-refractivity contribution in [1.29, 1.82) is 0 Å². The quantitative estimate of drug-likeness (QED) is 0.0811. The third-order valence-electron chi connectivity index (χ3n) is 7.43. The second-order valence-electron chi connectivity index (χ2n) is 11.1. The first-order valence-corrected chi connectivity index (χ1v) is 18.9.